The predicted molar refractivity (Wildman–Crippen MR) is 103 cm³/mol. The molecule has 128 valence electrons. The second-order valence-electron chi connectivity index (χ2n) is 6.79. The highest BCUT2D eigenvalue weighted by atomic mass is 32.1. The molecule has 25 heavy (non-hydrogen) atoms. The quantitative estimate of drug-likeness (QED) is 0.711. The second kappa shape index (κ2) is 6.94. The van der Waals surface area contributed by atoms with E-state index in [1.807, 2.05) is 24.3 Å². The average Bonchev–Trinajstić information content (AvgIpc) is 2.64. The topological polar surface area (TPSA) is 42.2 Å². The summed E-state index contributed by atoms with van der Waals surface area (Å²) in [5, 5.41) is 0.718. The predicted octanol–water partition coefficient (Wildman–Crippen LogP) is 2.48. The number of nitrogens with zero attached hydrogens (tertiary/aromatic N) is 1. The SMILES string of the molecule is O=c1c2ccccc2[nH]c(=S)n1C1CC[NH+](Cc2ccccc2)CC1. The van der Waals surface area contributed by atoms with Crippen LogP contribution in [0.4, 0.5) is 0 Å². The molecule has 1 aliphatic rings. The number of para-hydroxylation sites is 1. The van der Waals surface area contributed by atoms with Crippen molar-refractivity contribution in [1.29, 1.82) is 0 Å². The molecule has 0 unspecified atom stereocenters. The Bertz CT molecular complexity index is 985. The molecule has 1 saturated heterocycles. The Morgan fingerprint density at radius 3 is 2.48 bits per heavy atom. The number of hydrogen-bond acceptors (Lipinski definition) is 2. The van der Waals surface area contributed by atoms with Crippen LogP contribution in [0.25, 0.3) is 10.9 Å². The highest BCUT2D eigenvalue weighted by molar-refractivity contribution is 7.71. The van der Waals surface area contributed by atoms with E-state index in [4.69, 9.17) is 12.2 Å². The van der Waals surface area contributed by atoms with Gasteiger partial charge in [-0.1, -0.05) is 42.5 Å². The van der Waals surface area contributed by atoms with Crippen LogP contribution in [0.2, 0.25) is 0 Å². The van der Waals surface area contributed by atoms with Crippen LogP contribution in [-0.4, -0.2) is 22.6 Å². The fourth-order valence-electron chi connectivity index (χ4n) is 3.84. The molecule has 3 aromatic rings. The van der Waals surface area contributed by atoms with Crippen molar-refractivity contribution in [1.82, 2.24) is 9.55 Å². The molecule has 0 spiro atoms. The maximum absolute atomic E-state index is 12.9. The molecule has 5 heteroatoms. The molecule has 0 amide bonds. The molecule has 2 N–H and O–H groups in total. The number of fused-ring (bicyclic) bond motifs is 1. The Kier molecular flexibility index (Phi) is 4.51. The van der Waals surface area contributed by atoms with Crippen LogP contribution >= 0.6 is 12.2 Å². The molecule has 0 radical (unpaired) electrons. The Morgan fingerprint density at radius 1 is 1.04 bits per heavy atom. The van der Waals surface area contributed by atoms with Gasteiger partial charge in [0.15, 0.2) is 4.77 Å². The van der Waals surface area contributed by atoms with Crippen molar-refractivity contribution in [3.05, 3.63) is 75.3 Å². The van der Waals surface area contributed by atoms with E-state index in [0.717, 1.165) is 43.4 Å². The van der Waals surface area contributed by atoms with Crippen LogP contribution in [0.1, 0.15) is 24.4 Å². The van der Waals surface area contributed by atoms with E-state index in [1.165, 1.54) is 5.56 Å². The van der Waals surface area contributed by atoms with E-state index >= 15 is 0 Å². The lowest BCUT2D eigenvalue weighted by Gasteiger charge is -2.30. The summed E-state index contributed by atoms with van der Waals surface area (Å²) < 4.78 is 2.34. The van der Waals surface area contributed by atoms with Crippen LogP contribution < -0.4 is 10.5 Å². The first-order chi connectivity index (χ1) is 12.2. The fourth-order valence-corrected chi connectivity index (χ4v) is 4.18. The number of H-pyrrole nitrogens is 1. The van der Waals surface area contributed by atoms with Gasteiger partial charge in [-0.3, -0.25) is 9.36 Å². The van der Waals surface area contributed by atoms with Gasteiger partial charge in [-0.25, -0.2) is 0 Å². The average molecular weight is 352 g/mol. The summed E-state index contributed by atoms with van der Waals surface area (Å²) in [6.07, 6.45) is 1.97. The molecule has 2 heterocycles. The van der Waals surface area contributed by atoms with Gasteiger partial charge in [0, 0.05) is 18.4 Å². The molecule has 4 nitrogen and oxygen atoms in total. The van der Waals surface area contributed by atoms with Crippen molar-refractivity contribution in [3.8, 4) is 0 Å². The third kappa shape index (κ3) is 3.30. The molecule has 1 fully saturated rings. The van der Waals surface area contributed by atoms with Gasteiger partial charge in [-0.2, -0.15) is 0 Å². The molecule has 4 rings (SSSR count). The van der Waals surface area contributed by atoms with Gasteiger partial charge in [-0.05, 0) is 24.4 Å². The number of quaternary nitrogens is 1. The van der Waals surface area contributed by atoms with Crippen molar-refractivity contribution >= 4 is 23.1 Å². The molecule has 1 aliphatic heterocycles. The maximum Gasteiger partial charge on any atom is 0.262 e. The van der Waals surface area contributed by atoms with Crippen molar-refractivity contribution < 1.29 is 4.90 Å². The molecule has 0 aliphatic carbocycles. The standard InChI is InChI=1S/C20H21N3OS/c24-19-17-8-4-5-9-18(17)21-20(25)23(19)16-10-12-22(13-11-16)14-15-6-2-1-3-7-15/h1-9,16H,10-14H2,(H,21,25)/p+1. The fraction of sp³-hybridized carbons (Fsp3) is 0.300. The van der Waals surface area contributed by atoms with Gasteiger partial charge < -0.3 is 9.88 Å². The summed E-state index contributed by atoms with van der Waals surface area (Å²) in [4.78, 5) is 17.7. The van der Waals surface area contributed by atoms with E-state index in [1.54, 1.807) is 9.47 Å². The van der Waals surface area contributed by atoms with Crippen LogP contribution in [0.15, 0.2) is 59.4 Å². The van der Waals surface area contributed by atoms with E-state index in [9.17, 15) is 4.79 Å². The summed E-state index contributed by atoms with van der Waals surface area (Å²) in [5.41, 5.74) is 2.23. The van der Waals surface area contributed by atoms with E-state index in [2.05, 4.69) is 35.3 Å². The van der Waals surface area contributed by atoms with Crippen molar-refractivity contribution in [2.24, 2.45) is 0 Å². The zero-order valence-corrected chi connectivity index (χ0v) is 14.9. The van der Waals surface area contributed by atoms with Gasteiger partial charge in [-0.15, -0.1) is 0 Å². The summed E-state index contributed by atoms with van der Waals surface area (Å²) in [6, 6.07) is 18.4. The van der Waals surface area contributed by atoms with Gasteiger partial charge in [0.2, 0.25) is 0 Å². The second-order valence-corrected chi connectivity index (χ2v) is 7.18. The zero-order chi connectivity index (χ0) is 17.2. The Morgan fingerprint density at radius 2 is 1.72 bits per heavy atom. The monoisotopic (exact) mass is 352 g/mol. The first kappa shape index (κ1) is 16.2. The maximum atomic E-state index is 12.9. The van der Waals surface area contributed by atoms with Crippen LogP contribution in [0, 0.1) is 4.77 Å². The highest BCUT2D eigenvalue weighted by Crippen LogP contribution is 2.17. The lowest BCUT2D eigenvalue weighted by molar-refractivity contribution is -0.919. The molecule has 1 aromatic heterocycles. The molecule has 0 saturated carbocycles. The number of piperidine rings is 1. The smallest absolute Gasteiger partial charge is 0.262 e. The van der Waals surface area contributed by atoms with Gasteiger partial charge >= 0.3 is 0 Å². The number of rotatable bonds is 3. The molecule has 0 atom stereocenters. The van der Waals surface area contributed by atoms with Gasteiger partial charge in [0.05, 0.1) is 30.0 Å². The third-order valence-electron chi connectivity index (χ3n) is 5.16. The minimum atomic E-state index is 0.0378. The Balaban J connectivity index is 1.54. The molecule has 0 bridgehead atoms. The van der Waals surface area contributed by atoms with Crippen LogP contribution in [0.5, 0.6) is 0 Å². The lowest BCUT2D eigenvalue weighted by atomic mass is 10.0. The van der Waals surface area contributed by atoms with E-state index in [0.29, 0.717) is 4.77 Å². The summed E-state index contributed by atoms with van der Waals surface area (Å²) in [5.74, 6) is 0. The van der Waals surface area contributed by atoms with Crippen LogP contribution in [0.3, 0.4) is 0 Å². The molecular formula is C20H22N3OS+. The summed E-state index contributed by atoms with van der Waals surface area (Å²) in [7, 11) is 0. The van der Waals surface area contributed by atoms with Gasteiger partial charge in [0.25, 0.3) is 5.56 Å². The number of likely N-dealkylation sites (tertiary alicyclic amines) is 1. The molecular weight excluding hydrogens is 330 g/mol. The minimum Gasteiger partial charge on any atom is -0.332 e. The number of hydrogen-bond donors (Lipinski definition) is 2. The van der Waals surface area contributed by atoms with Crippen molar-refractivity contribution in [3.63, 3.8) is 0 Å². The summed E-state index contributed by atoms with van der Waals surface area (Å²) in [6.45, 7) is 3.17. The van der Waals surface area contributed by atoms with E-state index in [-0.39, 0.29) is 11.6 Å². The largest absolute Gasteiger partial charge is 0.332 e. The zero-order valence-electron chi connectivity index (χ0n) is 14.1. The van der Waals surface area contributed by atoms with E-state index < -0.39 is 0 Å². The normalized spacial score (nSPS) is 20.6. The third-order valence-corrected chi connectivity index (χ3v) is 5.46. The first-order valence-electron chi connectivity index (χ1n) is 8.83. The molecule has 2 aromatic carbocycles. The lowest BCUT2D eigenvalue weighted by Crippen LogP contribution is -3.11. The van der Waals surface area contributed by atoms with Crippen LogP contribution in [-0.2, 0) is 6.54 Å². The number of nitrogens with one attached hydrogen (secondary N) is 2. The summed E-state index contributed by atoms with van der Waals surface area (Å²) >= 11 is 5.48. The number of benzene rings is 2. The van der Waals surface area contributed by atoms with Crippen molar-refractivity contribution in [2.75, 3.05) is 13.1 Å². The highest BCUT2D eigenvalue weighted by Gasteiger charge is 2.25. The Hall–Kier alpha value is -2.24. The first-order valence-corrected chi connectivity index (χ1v) is 9.24. The minimum absolute atomic E-state index is 0.0378. The number of aromatic amines is 1. The number of aromatic nitrogens is 2. The van der Waals surface area contributed by atoms with Crippen molar-refractivity contribution in [2.45, 2.75) is 25.4 Å². The van der Waals surface area contributed by atoms with Gasteiger partial charge in [0.1, 0.15) is 6.54 Å². The Labute approximate surface area is 151 Å².